The second-order valence-electron chi connectivity index (χ2n) is 8.85. The maximum absolute atomic E-state index is 13.3. The third-order valence-electron chi connectivity index (χ3n) is 6.97. The van der Waals surface area contributed by atoms with Crippen molar-refractivity contribution in [2.45, 2.75) is 24.7 Å². The molecule has 162 valence electrons. The van der Waals surface area contributed by atoms with Gasteiger partial charge in [0, 0.05) is 42.6 Å². The van der Waals surface area contributed by atoms with Gasteiger partial charge in [-0.2, -0.15) is 0 Å². The molecule has 3 aliphatic rings. The van der Waals surface area contributed by atoms with E-state index in [2.05, 4.69) is 21.4 Å². The van der Waals surface area contributed by atoms with Crippen molar-refractivity contribution in [3.63, 3.8) is 0 Å². The van der Waals surface area contributed by atoms with Crippen LogP contribution in [0.2, 0.25) is 0 Å². The lowest BCUT2D eigenvalue weighted by Gasteiger charge is -2.23. The largest absolute Gasteiger partial charge is 0.361 e. The highest BCUT2D eigenvalue weighted by molar-refractivity contribution is 5.93. The molecular formula is C25H24N4O3. The van der Waals surface area contributed by atoms with Crippen LogP contribution in [-0.2, 0) is 27.3 Å². The number of nitrogens with zero attached hydrogens (tertiary/aromatic N) is 2. The first kappa shape index (κ1) is 19.3. The van der Waals surface area contributed by atoms with E-state index in [1.165, 1.54) is 10.9 Å². The number of likely N-dealkylation sites (tertiary alicyclic amines) is 1. The minimum Gasteiger partial charge on any atom is -0.361 e. The van der Waals surface area contributed by atoms with Crippen molar-refractivity contribution in [1.29, 1.82) is 0 Å². The van der Waals surface area contributed by atoms with Gasteiger partial charge in [-0.3, -0.25) is 14.6 Å². The van der Waals surface area contributed by atoms with Crippen LogP contribution in [0.5, 0.6) is 0 Å². The first-order chi connectivity index (χ1) is 15.6. The molecule has 0 radical (unpaired) electrons. The summed E-state index contributed by atoms with van der Waals surface area (Å²) in [5.41, 5.74) is 2.59. The minimum absolute atomic E-state index is 0.00885. The number of carbonyl (C=O) groups excluding carboxylic acids is 2. The third kappa shape index (κ3) is 2.96. The number of aromatic nitrogens is 2. The highest BCUT2D eigenvalue weighted by atomic mass is 16.5. The van der Waals surface area contributed by atoms with E-state index < -0.39 is 17.4 Å². The zero-order chi connectivity index (χ0) is 21.7. The standard InChI is InChI=1S/C25H24N4O3/c30-23(27-12-8-17-13-28-19-4-2-1-3-18(17)19)21-20-5-9-25(32-20)15-29(24(31)22(21)25)14-16-6-10-26-11-7-16/h1-7,9-11,13,20-22,28H,8,12,14-15H2,(H,27,30)/t20-,21+,22+,25+/m1/s1. The summed E-state index contributed by atoms with van der Waals surface area (Å²) < 4.78 is 6.21. The quantitative estimate of drug-likeness (QED) is 0.590. The maximum atomic E-state index is 13.3. The average Bonchev–Trinajstić information content (AvgIpc) is 3.55. The van der Waals surface area contributed by atoms with Gasteiger partial charge >= 0.3 is 0 Å². The number of aromatic amines is 1. The molecule has 0 unspecified atom stereocenters. The lowest BCUT2D eigenvalue weighted by atomic mass is 9.77. The molecule has 4 atom stereocenters. The van der Waals surface area contributed by atoms with Crippen LogP contribution in [-0.4, -0.2) is 51.5 Å². The number of benzene rings is 1. The smallest absolute Gasteiger partial charge is 0.230 e. The molecule has 2 aromatic heterocycles. The van der Waals surface area contributed by atoms with Gasteiger partial charge < -0.3 is 19.9 Å². The fraction of sp³-hybridized carbons (Fsp3) is 0.320. The Labute approximate surface area is 185 Å². The van der Waals surface area contributed by atoms with E-state index in [-0.39, 0.29) is 17.9 Å². The number of carbonyl (C=O) groups is 2. The second-order valence-corrected chi connectivity index (χ2v) is 8.85. The summed E-state index contributed by atoms with van der Waals surface area (Å²) in [6.07, 6.45) is 9.77. The van der Waals surface area contributed by atoms with E-state index in [1.54, 1.807) is 17.3 Å². The predicted molar refractivity (Wildman–Crippen MR) is 118 cm³/mol. The summed E-state index contributed by atoms with van der Waals surface area (Å²) >= 11 is 0. The maximum Gasteiger partial charge on any atom is 0.230 e. The number of pyridine rings is 1. The Morgan fingerprint density at radius 3 is 2.97 bits per heavy atom. The van der Waals surface area contributed by atoms with Gasteiger partial charge in [0.15, 0.2) is 0 Å². The van der Waals surface area contributed by atoms with E-state index in [0.717, 1.165) is 17.5 Å². The van der Waals surface area contributed by atoms with Crippen LogP contribution >= 0.6 is 0 Å². The zero-order valence-electron chi connectivity index (χ0n) is 17.5. The van der Waals surface area contributed by atoms with E-state index in [4.69, 9.17) is 4.74 Å². The van der Waals surface area contributed by atoms with E-state index in [9.17, 15) is 9.59 Å². The molecule has 2 saturated heterocycles. The number of fused-ring (bicyclic) bond motifs is 2. The molecule has 1 spiro atoms. The summed E-state index contributed by atoms with van der Waals surface area (Å²) in [7, 11) is 0. The van der Waals surface area contributed by atoms with Crippen LogP contribution in [0.1, 0.15) is 11.1 Å². The Hall–Kier alpha value is -3.45. The molecule has 2 bridgehead atoms. The summed E-state index contributed by atoms with van der Waals surface area (Å²) in [5, 5.41) is 4.23. The average molecular weight is 428 g/mol. The molecule has 6 rings (SSSR count). The molecule has 3 aromatic rings. The number of para-hydroxylation sites is 1. The lowest BCUT2D eigenvalue weighted by molar-refractivity contribution is -0.137. The topological polar surface area (TPSA) is 87.3 Å². The van der Waals surface area contributed by atoms with Crippen molar-refractivity contribution in [3.05, 3.63) is 78.3 Å². The van der Waals surface area contributed by atoms with E-state index >= 15 is 0 Å². The number of H-pyrrole nitrogens is 1. The highest BCUT2D eigenvalue weighted by Crippen LogP contribution is 2.52. The molecule has 32 heavy (non-hydrogen) atoms. The van der Waals surface area contributed by atoms with Crippen LogP contribution in [0.3, 0.4) is 0 Å². The van der Waals surface area contributed by atoms with Gasteiger partial charge in [-0.05, 0) is 35.7 Å². The minimum atomic E-state index is -0.687. The fourth-order valence-electron chi connectivity index (χ4n) is 5.50. The molecule has 0 aliphatic carbocycles. The second kappa shape index (κ2) is 7.31. The van der Waals surface area contributed by atoms with Crippen molar-refractivity contribution in [3.8, 4) is 0 Å². The van der Waals surface area contributed by atoms with Crippen LogP contribution < -0.4 is 5.32 Å². The molecule has 0 saturated carbocycles. The summed E-state index contributed by atoms with van der Waals surface area (Å²) in [5.74, 6) is -1.07. The van der Waals surface area contributed by atoms with Crippen LogP contribution in [0, 0.1) is 11.8 Å². The summed E-state index contributed by atoms with van der Waals surface area (Å²) in [6.45, 7) is 1.49. The van der Waals surface area contributed by atoms with Crippen LogP contribution in [0.4, 0.5) is 0 Å². The Morgan fingerprint density at radius 2 is 2.09 bits per heavy atom. The lowest BCUT2D eigenvalue weighted by Crippen LogP contribution is -2.44. The molecule has 2 N–H and O–H groups in total. The van der Waals surface area contributed by atoms with Gasteiger partial charge in [0.1, 0.15) is 5.60 Å². The van der Waals surface area contributed by atoms with Crippen molar-refractivity contribution in [2.24, 2.45) is 11.8 Å². The molecule has 3 aliphatic heterocycles. The molecule has 1 aromatic carbocycles. The summed E-state index contributed by atoms with van der Waals surface area (Å²) in [6, 6.07) is 11.9. The fourth-order valence-corrected chi connectivity index (χ4v) is 5.50. The molecule has 2 fully saturated rings. The number of hydrogen-bond acceptors (Lipinski definition) is 4. The first-order valence-corrected chi connectivity index (χ1v) is 11.0. The summed E-state index contributed by atoms with van der Waals surface area (Å²) in [4.78, 5) is 35.6. The Morgan fingerprint density at radius 1 is 1.25 bits per heavy atom. The van der Waals surface area contributed by atoms with E-state index in [0.29, 0.717) is 19.6 Å². The van der Waals surface area contributed by atoms with Crippen LogP contribution in [0.25, 0.3) is 10.9 Å². The molecule has 2 amide bonds. The Kier molecular flexibility index (Phi) is 4.40. The monoisotopic (exact) mass is 428 g/mol. The van der Waals surface area contributed by atoms with Gasteiger partial charge in [0.05, 0.1) is 24.5 Å². The van der Waals surface area contributed by atoms with Crippen molar-refractivity contribution >= 4 is 22.7 Å². The Balaban J connectivity index is 1.15. The van der Waals surface area contributed by atoms with Gasteiger partial charge in [-0.25, -0.2) is 0 Å². The molecule has 5 heterocycles. The van der Waals surface area contributed by atoms with E-state index in [1.807, 2.05) is 48.7 Å². The number of hydrogen-bond donors (Lipinski definition) is 2. The highest BCUT2D eigenvalue weighted by Gasteiger charge is 2.66. The van der Waals surface area contributed by atoms with Gasteiger partial charge in [0.25, 0.3) is 0 Å². The predicted octanol–water partition coefficient (Wildman–Crippen LogP) is 2.20. The SMILES string of the molecule is O=C(NCCc1c[nH]c2ccccc12)[C@@H]1[C@H]2C(=O)N(Cc3ccncc3)C[C@@]23C=C[C@H]1O3. The van der Waals surface area contributed by atoms with Crippen LogP contribution in [0.15, 0.2) is 67.1 Å². The zero-order valence-corrected chi connectivity index (χ0v) is 17.5. The Bertz CT molecular complexity index is 1220. The number of amides is 2. The molecule has 7 heteroatoms. The molecular weight excluding hydrogens is 404 g/mol. The third-order valence-corrected chi connectivity index (χ3v) is 6.97. The number of rotatable bonds is 6. The number of ether oxygens (including phenoxy) is 1. The molecule has 7 nitrogen and oxygen atoms in total. The van der Waals surface area contributed by atoms with Gasteiger partial charge in [0.2, 0.25) is 11.8 Å². The first-order valence-electron chi connectivity index (χ1n) is 11.0. The van der Waals surface area contributed by atoms with Crippen molar-refractivity contribution < 1.29 is 14.3 Å². The normalized spacial score (nSPS) is 27.9. The van der Waals surface area contributed by atoms with Gasteiger partial charge in [-0.1, -0.05) is 30.4 Å². The van der Waals surface area contributed by atoms with Gasteiger partial charge in [-0.15, -0.1) is 0 Å². The van der Waals surface area contributed by atoms with Crippen molar-refractivity contribution in [1.82, 2.24) is 20.2 Å². The number of nitrogens with one attached hydrogen (secondary N) is 2. The van der Waals surface area contributed by atoms with Crippen molar-refractivity contribution in [2.75, 3.05) is 13.1 Å².